The van der Waals surface area contributed by atoms with Crippen LogP contribution in [0.3, 0.4) is 0 Å². The third-order valence-corrected chi connectivity index (χ3v) is 5.15. The number of nitrogens with one attached hydrogen (secondary N) is 1. The summed E-state index contributed by atoms with van der Waals surface area (Å²) in [6.45, 7) is -0.638. The van der Waals surface area contributed by atoms with Crippen LogP contribution in [0.1, 0.15) is 12.0 Å². The first-order chi connectivity index (χ1) is 13.6. The summed E-state index contributed by atoms with van der Waals surface area (Å²) in [4.78, 5) is 0.924. The molecule has 7 nitrogen and oxygen atoms in total. The molecule has 1 fully saturated rings. The van der Waals surface area contributed by atoms with Crippen LogP contribution in [0.15, 0.2) is 40.4 Å². The zero-order valence-electron chi connectivity index (χ0n) is 15.5. The standard InChI is InChI=1S/C18H23F3N2O5S/c1-29-10-4-2-9(3-5-10)6-11(16(22)18(19,20)21)17(23)28-14-7-12(25)15(26)13(8-24)27-14/h2-5,12-15,23-26H,6-8,22H2,1H3/b16-11-,23-17?/t12?,13?,14?,15-/m0/s1. The van der Waals surface area contributed by atoms with E-state index in [0.29, 0.717) is 5.56 Å². The van der Waals surface area contributed by atoms with E-state index in [1.807, 2.05) is 6.26 Å². The highest BCUT2D eigenvalue weighted by atomic mass is 32.2. The van der Waals surface area contributed by atoms with Gasteiger partial charge in [-0.15, -0.1) is 11.8 Å². The SMILES string of the molecule is CSc1ccc(C/C(C(=N)OC2CC(O)[C@H](O)C(CO)O2)=C(/N)C(F)(F)F)cc1. The molecule has 1 aliphatic rings. The van der Waals surface area contributed by atoms with Crippen molar-refractivity contribution in [3.63, 3.8) is 0 Å². The van der Waals surface area contributed by atoms with Crippen molar-refractivity contribution in [2.45, 2.75) is 48.5 Å². The Kier molecular flexibility index (Phi) is 7.94. The average Bonchev–Trinajstić information content (AvgIpc) is 2.67. The number of hydrogen-bond donors (Lipinski definition) is 5. The Morgan fingerprint density at radius 3 is 2.45 bits per heavy atom. The van der Waals surface area contributed by atoms with E-state index in [9.17, 15) is 28.5 Å². The maximum absolute atomic E-state index is 13.2. The van der Waals surface area contributed by atoms with Gasteiger partial charge in [0.1, 0.15) is 17.9 Å². The van der Waals surface area contributed by atoms with Crippen LogP contribution in [0.5, 0.6) is 0 Å². The Morgan fingerprint density at radius 1 is 1.31 bits per heavy atom. The number of alkyl halides is 3. The third kappa shape index (κ3) is 6.09. The number of aliphatic hydroxyl groups is 3. The van der Waals surface area contributed by atoms with Crippen molar-refractivity contribution in [3.8, 4) is 0 Å². The minimum absolute atomic E-state index is 0.290. The van der Waals surface area contributed by atoms with Gasteiger partial charge >= 0.3 is 6.18 Å². The molecule has 1 saturated heterocycles. The highest BCUT2D eigenvalue weighted by Crippen LogP contribution is 2.29. The molecule has 0 aromatic heterocycles. The first-order valence-corrected chi connectivity index (χ1v) is 9.86. The molecule has 0 spiro atoms. The van der Waals surface area contributed by atoms with Crippen molar-refractivity contribution in [3.05, 3.63) is 41.1 Å². The smallest absolute Gasteiger partial charge is 0.431 e. The third-order valence-electron chi connectivity index (χ3n) is 4.41. The summed E-state index contributed by atoms with van der Waals surface area (Å²) in [6.07, 6.45) is -8.83. The molecule has 1 heterocycles. The van der Waals surface area contributed by atoms with Gasteiger partial charge in [0.05, 0.1) is 12.7 Å². The van der Waals surface area contributed by atoms with E-state index in [1.165, 1.54) is 11.8 Å². The number of allylic oxidation sites excluding steroid dienone is 1. The quantitative estimate of drug-likeness (QED) is 0.260. The lowest BCUT2D eigenvalue weighted by Gasteiger charge is -2.36. The van der Waals surface area contributed by atoms with E-state index in [0.717, 1.165) is 4.90 Å². The van der Waals surface area contributed by atoms with Gasteiger partial charge in [0.2, 0.25) is 12.2 Å². The normalized spacial score (nSPS) is 26.0. The molecule has 0 radical (unpaired) electrons. The molecular formula is C18H23F3N2O5S. The van der Waals surface area contributed by atoms with Crippen LogP contribution < -0.4 is 5.73 Å². The Labute approximate surface area is 169 Å². The molecular weight excluding hydrogens is 413 g/mol. The summed E-state index contributed by atoms with van der Waals surface area (Å²) in [5.41, 5.74) is 3.71. The molecule has 0 bridgehead atoms. The first kappa shape index (κ1) is 23.5. The minimum Gasteiger partial charge on any atom is -0.448 e. The number of rotatable bonds is 6. The number of thioether (sulfide) groups is 1. The van der Waals surface area contributed by atoms with Gasteiger partial charge < -0.3 is 30.5 Å². The Bertz CT molecular complexity index is 742. The van der Waals surface area contributed by atoms with Crippen LogP contribution in [-0.4, -0.2) is 64.9 Å². The van der Waals surface area contributed by atoms with E-state index >= 15 is 0 Å². The van der Waals surface area contributed by atoms with E-state index in [2.05, 4.69) is 0 Å². The summed E-state index contributed by atoms with van der Waals surface area (Å²) in [7, 11) is 0. The molecule has 0 aliphatic carbocycles. The molecule has 6 N–H and O–H groups in total. The van der Waals surface area contributed by atoms with Gasteiger partial charge in [-0.05, 0) is 24.0 Å². The van der Waals surface area contributed by atoms with Crippen molar-refractivity contribution < 1.29 is 38.0 Å². The number of benzene rings is 1. The second-order valence-corrected chi connectivity index (χ2v) is 7.32. The molecule has 29 heavy (non-hydrogen) atoms. The van der Waals surface area contributed by atoms with Crippen LogP contribution >= 0.6 is 11.8 Å². The maximum atomic E-state index is 13.2. The predicted octanol–water partition coefficient (Wildman–Crippen LogP) is 1.55. The van der Waals surface area contributed by atoms with Crippen molar-refractivity contribution in [1.82, 2.24) is 0 Å². The second-order valence-electron chi connectivity index (χ2n) is 6.44. The molecule has 1 aliphatic heterocycles. The average molecular weight is 436 g/mol. The van der Waals surface area contributed by atoms with E-state index in [4.69, 9.17) is 20.6 Å². The fourth-order valence-electron chi connectivity index (χ4n) is 2.76. The molecule has 4 atom stereocenters. The van der Waals surface area contributed by atoms with Crippen molar-refractivity contribution in [2.75, 3.05) is 12.9 Å². The molecule has 1 aromatic rings. The molecule has 1 aromatic carbocycles. The summed E-state index contributed by atoms with van der Waals surface area (Å²) in [5.74, 6) is -0.862. The van der Waals surface area contributed by atoms with Crippen molar-refractivity contribution in [1.29, 1.82) is 5.41 Å². The zero-order chi connectivity index (χ0) is 21.8. The lowest BCUT2D eigenvalue weighted by molar-refractivity contribution is -0.234. The van der Waals surface area contributed by atoms with E-state index in [-0.39, 0.29) is 12.8 Å². The number of nitrogens with two attached hydrogens (primary N) is 1. The van der Waals surface area contributed by atoms with Gasteiger partial charge in [-0.3, -0.25) is 5.41 Å². The molecule has 0 saturated carbocycles. The number of hydrogen-bond acceptors (Lipinski definition) is 8. The zero-order valence-corrected chi connectivity index (χ0v) is 16.3. The van der Waals surface area contributed by atoms with E-state index < -0.39 is 54.6 Å². The monoisotopic (exact) mass is 436 g/mol. The van der Waals surface area contributed by atoms with Gasteiger partial charge in [0.15, 0.2) is 0 Å². The molecule has 0 amide bonds. The largest absolute Gasteiger partial charge is 0.448 e. The van der Waals surface area contributed by atoms with Crippen LogP contribution in [0.2, 0.25) is 0 Å². The summed E-state index contributed by atoms with van der Waals surface area (Å²) < 4.78 is 50.0. The van der Waals surface area contributed by atoms with Gasteiger partial charge in [-0.2, -0.15) is 13.2 Å². The highest BCUT2D eigenvalue weighted by Gasteiger charge is 2.39. The minimum atomic E-state index is -4.87. The van der Waals surface area contributed by atoms with Gasteiger partial charge in [0, 0.05) is 23.3 Å². The molecule has 11 heteroatoms. The molecule has 2 rings (SSSR count). The Balaban J connectivity index is 2.23. The first-order valence-electron chi connectivity index (χ1n) is 8.63. The maximum Gasteiger partial charge on any atom is 0.431 e. The summed E-state index contributed by atoms with van der Waals surface area (Å²) >= 11 is 1.47. The molecule has 3 unspecified atom stereocenters. The van der Waals surface area contributed by atoms with Crippen LogP contribution in [0.25, 0.3) is 0 Å². The van der Waals surface area contributed by atoms with Crippen LogP contribution in [0.4, 0.5) is 13.2 Å². The summed E-state index contributed by atoms with van der Waals surface area (Å²) in [6, 6.07) is 6.73. The van der Waals surface area contributed by atoms with Gasteiger partial charge in [-0.1, -0.05) is 12.1 Å². The predicted molar refractivity (Wildman–Crippen MR) is 100 cm³/mol. The van der Waals surface area contributed by atoms with Crippen LogP contribution in [0, 0.1) is 5.41 Å². The fourth-order valence-corrected chi connectivity index (χ4v) is 3.17. The number of ether oxygens (including phenoxy) is 2. The second kappa shape index (κ2) is 9.81. The number of aliphatic hydroxyl groups excluding tert-OH is 3. The Hall–Kier alpha value is -1.79. The van der Waals surface area contributed by atoms with Crippen LogP contribution in [-0.2, 0) is 15.9 Å². The fraction of sp³-hybridized carbons (Fsp3) is 0.500. The lowest BCUT2D eigenvalue weighted by Crippen LogP contribution is -2.51. The number of halogens is 3. The molecule has 162 valence electrons. The van der Waals surface area contributed by atoms with Crippen molar-refractivity contribution >= 4 is 17.7 Å². The van der Waals surface area contributed by atoms with E-state index in [1.54, 1.807) is 24.3 Å². The Morgan fingerprint density at radius 2 is 1.93 bits per heavy atom. The highest BCUT2D eigenvalue weighted by molar-refractivity contribution is 7.98. The lowest BCUT2D eigenvalue weighted by atomic mass is 10.0. The van der Waals surface area contributed by atoms with Crippen molar-refractivity contribution in [2.24, 2.45) is 5.73 Å². The van der Waals surface area contributed by atoms with Gasteiger partial charge in [-0.25, -0.2) is 0 Å². The summed E-state index contributed by atoms with van der Waals surface area (Å²) in [5, 5.41) is 36.7. The van der Waals surface area contributed by atoms with Gasteiger partial charge in [0.25, 0.3) is 0 Å². The topological polar surface area (TPSA) is 129 Å².